The van der Waals surface area contributed by atoms with E-state index in [1.165, 1.54) is 0 Å². The van der Waals surface area contributed by atoms with Crippen LogP contribution in [0.15, 0.2) is 6.07 Å². The van der Waals surface area contributed by atoms with Gasteiger partial charge in [-0.05, 0) is 6.07 Å². The van der Waals surface area contributed by atoms with Gasteiger partial charge in [-0.2, -0.15) is 13.2 Å². The van der Waals surface area contributed by atoms with E-state index in [0.29, 0.717) is 0 Å². The number of esters is 1. The third kappa shape index (κ3) is 3.34. The average Bonchev–Trinajstić information content (AvgIpc) is 2.15. The zero-order chi connectivity index (χ0) is 12.3. The van der Waals surface area contributed by atoms with Gasteiger partial charge in [0.05, 0.1) is 19.2 Å². The molecule has 8 heteroatoms. The lowest BCUT2D eigenvalue weighted by atomic mass is 10.3. The van der Waals surface area contributed by atoms with Gasteiger partial charge in [-0.15, -0.1) is 0 Å². The van der Waals surface area contributed by atoms with E-state index in [4.69, 9.17) is 11.6 Å². The molecule has 0 aliphatic carbocycles. The lowest BCUT2D eigenvalue weighted by molar-refractivity contribution is -0.145. The topological polar surface area (TPSA) is 52.1 Å². The first-order valence-electron chi connectivity index (χ1n) is 4.00. The Morgan fingerprint density at radius 1 is 1.50 bits per heavy atom. The zero-order valence-electron chi connectivity index (χ0n) is 8.01. The van der Waals surface area contributed by atoms with Crippen LogP contribution in [0, 0.1) is 0 Å². The minimum absolute atomic E-state index is 0.140. The van der Waals surface area contributed by atoms with Gasteiger partial charge in [-0.1, -0.05) is 11.6 Å². The number of nitrogens with zero attached hydrogens (tertiary/aromatic N) is 2. The standard InChI is InChI=1S/C8H6ClF3N2O2/c1-16-6(15)3-4-2-5(9)14-7(13-4)8(10,11)12/h2H,3H2,1H3. The maximum Gasteiger partial charge on any atom is 0.451 e. The first kappa shape index (κ1) is 12.7. The Kier molecular flexibility index (Phi) is 3.69. The SMILES string of the molecule is COC(=O)Cc1cc(Cl)nc(C(F)(F)F)n1. The summed E-state index contributed by atoms with van der Waals surface area (Å²) in [5.41, 5.74) is -0.140. The summed E-state index contributed by atoms with van der Waals surface area (Å²) in [5.74, 6) is -2.08. The van der Waals surface area contributed by atoms with Crippen LogP contribution in [-0.2, 0) is 22.1 Å². The Labute approximate surface area is 93.4 Å². The monoisotopic (exact) mass is 254 g/mol. The molecule has 1 rings (SSSR count). The predicted octanol–water partition coefficient (Wildman–Crippen LogP) is 1.86. The van der Waals surface area contributed by atoms with Crippen molar-refractivity contribution in [3.63, 3.8) is 0 Å². The van der Waals surface area contributed by atoms with E-state index in [9.17, 15) is 18.0 Å². The second kappa shape index (κ2) is 4.65. The number of methoxy groups -OCH3 is 1. The molecule has 0 radical (unpaired) electrons. The van der Waals surface area contributed by atoms with Crippen LogP contribution >= 0.6 is 11.6 Å². The lowest BCUT2D eigenvalue weighted by Crippen LogP contribution is -2.14. The summed E-state index contributed by atoms with van der Waals surface area (Å²) in [6, 6.07) is 1.08. The van der Waals surface area contributed by atoms with Gasteiger partial charge >= 0.3 is 12.1 Å². The van der Waals surface area contributed by atoms with E-state index >= 15 is 0 Å². The Morgan fingerprint density at radius 2 is 2.12 bits per heavy atom. The molecule has 16 heavy (non-hydrogen) atoms. The highest BCUT2D eigenvalue weighted by molar-refractivity contribution is 6.29. The van der Waals surface area contributed by atoms with Gasteiger partial charge in [0.2, 0.25) is 5.82 Å². The molecular weight excluding hydrogens is 249 g/mol. The summed E-state index contributed by atoms with van der Waals surface area (Å²) >= 11 is 5.38. The van der Waals surface area contributed by atoms with Crippen LogP contribution < -0.4 is 0 Å². The summed E-state index contributed by atoms with van der Waals surface area (Å²) in [7, 11) is 1.12. The lowest BCUT2D eigenvalue weighted by Gasteiger charge is -2.06. The number of aromatic nitrogens is 2. The molecule has 0 fully saturated rings. The van der Waals surface area contributed by atoms with E-state index in [-0.39, 0.29) is 17.3 Å². The normalized spacial score (nSPS) is 11.3. The highest BCUT2D eigenvalue weighted by Gasteiger charge is 2.35. The molecule has 0 aliphatic heterocycles. The quantitative estimate of drug-likeness (QED) is 0.597. The summed E-state index contributed by atoms with van der Waals surface area (Å²) < 4.78 is 41.1. The molecule has 0 aliphatic rings. The largest absolute Gasteiger partial charge is 0.469 e. The maximum atomic E-state index is 12.3. The van der Waals surface area contributed by atoms with Crippen molar-refractivity contribution in [2.75, 3.05) is 7.11 Å². The van der Waals surface area contributed by atoms with Crippen molar-refractivity contribution >= 4 is 17.6 Å². The van der Waals surface area contributed by atoms with Crippen molar-refractivity contribution in [1.82, 2.24) is 9.97 Å². The number of carbonyl (C=O) groups is 1. The van der Waals surface area contributed by atoms with Crippen molar-refractivity contribution < 1.29 is 22.7 Å². The Morgan fingerprint density at radius 3 is 2.62 bits per heavy atom. The minimum Gasteiger partial charge on any atom is -0.469 e. The fraction of sp³-hybridized carbons (Fsp3) is 0.375. The summed E-state index contributed by atoms with van der Waals surface area (Å²) in [6.07, 6.45) is -5.09. The molecule has 0 unspecified atom stereocenters. The van der Waals surface area contributed by atoms with Crippen LogP contribution in [0.5, 0.6) is 0 Å². The van der Waals surface area contributed by atoms with Crippen LogP contribution in [0.1, 0.15) is 11.5 Å². The van der Waals surface area contributed by atoms with E-state index < -0.39 is 18.0 Å². The van der Waals surface area contributed by atoms with Crippen LogP contribution in [-0.4, -0.2) is 23.0 Å². The van der Waals surface area contributed by atoms with Gasteiger partial charge in [0.25, 0.3) is 0 Å². The summed E-state index contributed by atoms with van der Waals surface area (Å²) in [5, 5.41) is -0.374. The fourth-order valence-electron chi connectivity index (χ4n) is 0.902. The van der Waals surface area contributed by atoms with E-state index in [0.717, 1.165) is 13.2 Å². The van der Waals surface area contributed by atoms with Crippen LogP contribution in [0.2, 0.25) is 5.15 Å². The highest BCUT2D eigenvalue weighted by Crippen LogP contribution is 2.27. The van der Waals surface area contributed by atoms with Crippen molar-refractivity contribution in [1.29, 1.82) is 0 Å². The van der Waals surface area contributed by atoms with Crippen LogP contribution in [0.3, 0.4) is 0 Å². The molecule has 1 aromatic rings. The van der Waals surface area contributed by atoms with Gasteiger partial charge in [-0.3, -0.25) is 4.79 Å². The number of rotatable bonds is 2. The number of hydrogen-bond donors (Lipinski definition) is 0. The molecule has 4 nitrogen and oxygen atoms in total. The summed E-state index contributed by atoms with van der Waals surface area (Å²) in [4.78, 5) is 17.0. The van der Waals surface area contributed by atoms with Crippen molar-refractivity contribution in [3.05, 3.63) is 22.7 Å². The number of alkyl halides is 3. The number of halogens is 4. The molecule has 88 valence electrons. The first-order valence-corrected chi connectivity index (χ1v) is 4.38. The first-order chi connectivity index (χ1) is 7.32. The Balaban J connectivity index is 3.04. The van der Waals surface area contributed by atoms with Gasteiger partial charge < -0.3 is 4.74 Å². The molecule has 0 N–H and O–H groups in total. The smallest absolute Gasteiger partial charge is 0.451 e. The van der Waals surface area contributed by atoms with Gasteiger partial charge in [-0.25, -0.2) is 9.97 Å². The molecule has 0 spiro atoms. The molecule has 0 saturated carbocycles. The van der Waals surface area contributed by atoms with Crippen molar-refractivity contribution in [2.45, 2.75) is 12.6 Å². The Hall–Kier alpha value is -1.37. The zero-order valence-corrected chi connectivity index (χ0v) is 8.76. The van der Waals surface area contributed by atoms with Gasteiger partial charge in [0, 0.05) is 0 Å². The molecule has 0 aromatic carbocycles. The van der Waals surface area contributed by atoms with Gasteiger partial charge in [0.1, 0.15) is 5.15 Å². The third-order valence-electron chi connectivity index (χ3n) is 1.55. The highest BCUT2D eigenvalue weighted by atomic mass is 35.5. The number of ether oxygens (including phenoxy) is 1. The Bertz CT molecular complexity index is 409. The minimum atomic E-state index is -4.70. The fourth-order valence-corrected chi connectivity index (χ4v) is 1.11. The van der Waals surface area contributed by atoms with E-state index in [1.54, 1.807) is 0 Å². The second-order valence-electron chi connectivity index (χ2n) is 2.76. The number of hydrogen-bond acceptors (Lipinski definition) is 4. The second-order valence-corrected chi connectivity index (χ2v) is 3.14. The molecule has 0 bridgehead atoms. The van der Waals surface area contributed by atoms with Crippen LogP contribution in [0.25, 0.3) is 0 Å². The van der Waals surface area contributed by atoms with Crippen LogP contribution in [0.4, 0.5) is 13.2 Å². The maximum absolute atomic E-state index is 12.3. The van der Waals surface area contributed by atoms with Crippen molar-refractivity contribution in [3.8, 4) is 0 Å². The molecular formula is C8H6ClF3N2O2. The predicted molar refractivity (Wildman–Crippen MR) is 47.8 cm³/mol. The molecule has 0 amide bonds. The van der Waals surface area contributed by atoms with E-state index in [1.807, 2.05) is 0 Å². The summed E-state index contributed by atoms with van der Waals surface area (Å²) in [6.45, 7) is 0. The molecule has 1 heterocycles. The van der Waals surface area contributed by atoms with Crippen molar-refractivity contribution in [2.24, 2.45) is 0 Å². The third-order valence-corrected chi connectivity index (χ3v) is 1.75. The molecule has 0 saturated heterocycles. The molecule has 1 aromatic heterocycles. The number of carbonyl (C=O) groups excluding carboxylic acids is 1. The van der Waals surface area contributed by atoms with Gasteiger partial charge in [0.15, 0.2) is 0 Å². The average molecular weight is 255 g/mol. The van der Waals surface area contributed by atoms with E-state index in [2.05, 4.69) is 14.7 Å². The molecule has 0 atom stereocenters.